The number of carbonyl (C=O) groups is 1. The largest absolute Gasteiger partial charge is 0.464 e. The number of hydrogen-bond acceptors (Lipinski definition) is 6. The van der Waals surface area contributed by atoms with E-state index in [-0.39, 0.29) is 27.1 Å². The van der Waals surface area contributed by atoms with Gasteiger partial charge in [0, 0.05) is 12.3 Å². The number of nitriles is 1. The van der Waals surface area contributed by atoms with Crippen molar-refractivity contribution in [1.82, 2.24) is 4.57 Å². The Morgan fingerprint density at radius 3 is 2.71 bits per heavy atom. The van der Waals surface area contributed by atoms with Gasteiger partial charge in [-0.3, -0.25) is 10.1 Å². The van der Waals surface area contributed by atoms with Gasteiger partial charge in [0.05, 0.1) is 33.4 Å². The van der Waals surface area contributed by atoms with Gasteiger partial charge in [0.1, 0.15) is 6.07 Å². The quantitative estimate of drug-likeness (QED) is 0.483. The van der Waals surface area contributed by atoms with E-state index in [9.17, 15) is 19.3 Å². The number of ether oxygens (including phenoxy) is 1. The maximum absolute atomic E-state index is 14.3. The van der Waals surface area contributed by atoms with E-state index >= 15 is 0 Å². The molecule has 0 aliphatic heterocycles. The number of halogens is 2. The van der Waals surface area contributed by atoms with Gasteiger partial charge in [-0.15, -0.1) is 0 Å². The van der Waals surface area contributed by atoms with E-state index in [1.54, 1.807) is 0 Å². The summed E-state index contributed by atoms with van der Waals surface area (Å²) >= 11 is 2.97. The number of aromatic nitrogens is 1. The molecular formula is C14H10BrFN4O4. The average Bonchev–Trinajstić information content (AvgIpc) is 2.86. The summed E-state index contributed by atoms with van der Waals surface area (Å²) < 4.78 is 19.8. The van der Waals surface area contributed by atoms with E-state index in [1.165, 1.54) is 17.7 Å². The summed E-state index contributed by atoms with van der Waals surface area (Å²) in [4.78, 5) is 22.0. The molecule has 10 heteroatoms. The van der Waals surface area contributed by atoms with Crippen LogP contribution in [0.15, 0.2) is 16.7 Å². The highest BCUT2D eigenvalue weighted by Crippen LogP contribution is 2.36. The van der Waals surface area contributed by atoms with Gasteiger partial charge >= 0.3 is 11.7 Å². The van der Waals surface area contributed by atoms with E-state index in [1.807, 2.05) is 6.07 Å². The second-order valence-electron chi connectivity index (χ2n) is 4.72. The van der Waals surface area contributed by atoms with Crippen molar-refractivity contribution in [3.05, 3.63) is 49.5 Å². The molecule has 2 N–H and O–H groups in total. The third-order valence-electron chi connectivity index (χ3n) is 3.33. The molecule has 8 nitrogen and oxygen atoms in total. The minimum Gasteiger partial charge on any atom is -0.464 e. The molecule has 2 aromatic rings. The van der Waals surface area contributed by atoms with Gasteiger partial charge in [0.15, 0.2) is 5.69 Å². The third-order valence-corrected chi connectivity index (χ3v) is 4.06. The zero-order chi connectivity index (χ0) is 18.2. The Hall–Kier alpha value is -2.93. The Morgan fingerprint density at radius 1 is 1.58 bits per heavy atom. The number of hydrogen-bond donors (Lipinski definition) is 1. The van der Waals surface area contributed by atoms with Crippen LogP contribution in [0.25, 0.3) is 5.69 Å². The fourth-order valence-corrected chi connectivity index (χ4v) is 2.95. The van der Waals surface area contributed by atoms with Crippen LogP contribution in [0.3, 0.4) is 0 Å². The summed E-state index contributed by atoms with van der Waals surface area (Å²) in [5.74, 6) is -1.94. The molecule has 0 amide bonds. The summed E-state index contributed by atoms with van der Waals surface area (Å²) in [6, 6.07) is 2.84. The molecule has 1 aromatic carbocycles. The smallest absolute Gasteiger partial charge is 0.357 e. The van der Waals surface area contributed by atoms with Crippen molar-refractivity contribution in [3.8, 4) is 11.8 Å². The molecule has 124 valence electrons. The maximum Gasteiger partial charge on any atom is 0.357 e. The first-order valence-corrected chi connectivity index (χ1v) is 7.16. The molecule has 0 fully saturated rings. The Morgan fingerprint density at radius 2 is 2.21 bits per heavy atom. The van der Waals surface area contributed by atoms with Crippen molar-refractivity contribution >= 4 is 33.3 Å². The number of nitrogens with two attached hydrogens (primary N) is 1. The number of nitrogen functional groups attached to an aromatic ring is 1. The van der Waals surface area contributed by atoms with Crippen molar-refractivity contribution < 1.29 is 18.8 Å². The van der Waals surface area contributed by atoms with E-state index in [0.29, 0.717) is 5.56 Å². The van der Waals surface area contributed by atoms with Crippen LogP contribution in [0.5, 0.6) is 0 Å². The van der Waals surface area contributed by atoms with Gasteiger partial charge in [-0.2, -0.15) is 9.65 Å². The second kappa shape index (κ2) is 6.29. The molecule has 0 aliphatic rings. The number of rotatable bonds is 3. The SMILES string of the molecule is COC(=O)c1c(N)c(C#N)cn1-c1c(C)cc([N+](=O)[O-])c(F)c1Br. The molecule has 0 bridgehead atoms. The van der Waals surface area contributed by atoms with Crippen LogP contribution in [0.4, 0.5) is 15.8 Å². The number of carbonyl (C=O) groups excluding carboxylic acids is 1. The molecule has 24 heavy (non-hydrogen) atoms. The Bertz CT molecular complexity index is 917. The summed E-state index contributed by atoms with van der Waals surface area (Å²) in [5, 5.41) is 20.0. The first-order chi connectivity index (χ1) is 11.2. The Kier molecular flexibility index (Phi) is 4.57. The van der Waals surface area contributed by atoms with E-state index in [2.05, 4.69) is 20.7 Å². The summed E-state index contributed by atoms with van der Waals surface area (Å²) in [6.45, 7) is 1.50. The normalized spacial score (nSPS) is 10.3. The summed E-state index contributed by atoms with van der Waals surface area (Å²) in [7, 11) is 1.13. The van der Waals surface area contributed by atoms with Crippen molar-refractivity contribution in [1.29, 1.82) is 5.26 Å². The number of anilines is 1. The van der Waals surface area contributed by atoms with Crippen LogP contribution >= 0.6 is 15.9 Å². The minimum atomic E-state index is -1.11. The van der Waals surface area contributed by atoms with Crippen LogP contribution in [0.1, 0.15) is 21.6 Å². The average molecular weight is 397 g/mol. The molecule has 0 atom stereocenters. The van der Waals surface area contributed by atoms with Crippen LogP contribution in [0, 0.1) is 34.2 Å². The topological polar surface area (TPSA) is 124 Å². The lowest BCUT2D eigenvalue weighted by Crippen LogP contribution is -2.13. The van der Waals surface area contributed by atoms with Crippen molar-refractivity contribution in [2.75, 3.05) is 12.8 Å². The van der Waals surface area contributed by atoms with Crippen LogP contribution in [0.2, 0.25) is 0 Å². The minimum absolute atomic E-state index is 0.0135. The van der Waals surface area contributed by atoms with Gasteiger partial charge in [0.2, 0.25) is 5.82 Å². The third kappa shape index (κ3) is 2.59. The van der Waals surface area contributed by atoms with Gasteiger partial charge in [0.25, 0.3) is 0 Å². The number of benzene rings is 1. The van der Waals surface area contributed by atoms with E-state index < -0.39 is 22.4 Å². The lowest BCUT2D eigenvalue weighted by Gasteiger charge is -2.14. The standard InChI is InChI=1S/C14H10BrFN4O4/c1-6-3-8(20(22)23)10(16)9(15)12(6)19-5-7(4-17)11(18)13(19)14(21)24-2/h3,5H,18H2,1-2H3. The maximum atomic E-state index is 14.3. The number of methoxy groups -OCH3 is 1. The van der Waals surface area contributed by atoms with Crippen LogP contribution < -0.4 is 5.73 Å². The highest BCUT2D eigenvalue weighted by atomic mass is 79.9. The molecule has 2 rings (SSSR count). The molecule has 0 saturated heterocycles. The predicted octanol–water partition coefficient (Wildman–Crippen LogP) is 2.84. The van der Waals surface area contributed by atoms with Crippen LogP contribution in [-0.2, 0) is 4.74 Å². The van der Waals surface area contributed by atoms with Crippen molar-refractivity contribution in [3.63, 3.8) is 0 Å². The van der Waals surface area contributed by atoms with Crippen molar-refractivity contribution in [2.24, 2.45) is 0 Å². The first-order valence-electron chi connectivity index (χ1n) is 6.37. The summed E-state index contributed by atoms with van der Waals surface area (Å²) in [6.07, 6.45) is 1.24. The molecule has 0 radical (unpaired) electrons. The number of nitro benzene ring substituents is 1. The van der Waals surface area contributed by atoms with E-state index in [4.69, 9.17) is 11.0 Å². The molecule has 0 saturated carbocycles. The lowest BCUT2D eigenvalue weighted by atomic mass is 10.1. The second-order valence-corrected chi connectivity index (χ2v) is 5.52. The molecule has 0 spiro atoms. The zero-order valence-corrected chi connectivity index (χ0v) is 14.0. The van der Waals surface area contributed by atoms with Crippen molar-refractivity contribution in [2.45, 2.75) is 6.92 Å². The first kappa shape index (κ1) is 17.4. The predicted molar refractivity (Wildman–Crippen MR) is 85.3 cm³/mol. The number of nitro groups is 1. The molecular weight excluding hydrogens is 387 g/mol. The number of nitrogens with zero attached hydrogens (tertiary/aromatic N) is 3. The lowest BCUT2D eigenvalue weighted by molar-refractivity contribution is -0.387. The highest BCUT2D eigenvalue weighted by molar-refractivity contribution is 9.10. The molecule has 1 aromatic heterocycles. The summed E-state index contributed by atoms with van der Waals surface area (Å²) in [5.41, 5.74) is 5.14. The van der Waals surface area contributed by atoms with Crippen LogP contribution in [-0.4, -0.2) is 22.6 Å². The monoisotopic (exact) mass is 396 g/mol. The number of esters is 1. The van der Waals surface area contributed by atoms with Gasteiger partial charge in [-0.1, -0.05) is 0 Å². The molecule has 0 aliphatic carbocycles. The highest BCUT2D eigenvalue weighted by Gasteiger charge is 2.28. The van der Waals surface area contributed by atoms with Gasteiger partial charge in [-0.05, 0) is 28.4 Å². The Labute approximate surface area is 143 Å². The fourth-order valence-electron chi connectivity index (χ4n) is 2.25. The zero-order valence-electron chi connectivity index (χ0n) is 12.5. The molecule has 1 heterocycles. The van der Waals surface area contributed by atoms with E-state index in [0.717, 1.165) is 13.2 Å². The number of aryl methyl sites for hydroxylation is 1. The fraction of sp³-hybridized carbons (Fsp3) is 0.143. The molecule has 0 unspecified atom stereocenters. The van der Waals surface area contributed by atoms with Gasteiger partial charge < -0.3 is 15.0 Å². The van der Waals surface area contributed by atoms with Gasteiger partial charge in [-0.25, -0.2) is 4.79 Å². The Balaban J connectivity index is 2.88.